The van der Waals surface area contributed by atoms with Gasteiger partial charge >= 0.3 is 0 Å². The average Bonchev–Trinajstić information content (AvgIpc) is 3.12. The summed E-state index contributed by atoms with van der Waals surface area (Å²) in [6.45, 7) is 1.41. The maximum atomic E-state index is 12.9. The molecule has 1 aliphatic rings. The molecule has 2 rings (SSSR count). The van der Waals surface area contributed by atoms with Crippen LogP contribution in [0, 0.1) is 5.82 Å². The molecule has 1 fully saturated rings. The van der Waals surface area contributed by atoms with E-state index in [-0.39, 0.29) is 11.7 Å². The van der Waals surface area contributed by atoms with Gasteiger partial charge in [-0.05, 0) is 43.5 Å². The molecule has 0 bridgehead atoms. The monoisotopic (exact) mass is 250 g/mol. The predicted octanol–water partition coefficient (Wildman–Crippen LogP) is 1.97. The van der Waals surface area contributed by atoms with Crippen LogP contribution in [0.4, 0.5) is 4.39 Å². The van der Waals surface area contributed by atoms with E-state index in [0.29, 0.717) is 19.0 Å². The van der Waals surface area contributed by atoms with E-state index < -0.39 is 0 Å². The van der Waals surface area contributed by atoms with Crippen LogP contribution in [0.5, 0.6) is 0 Å². The summed E-state index contributed by atoms with van der Waals surface area (Å²) in [5.74, 6) is -0.0665. The third-order valence-corrected chi connectivity index (χ3v) is 2.92. The Morgan fingerprint density at radius 1 is 1.39 bits per heavy atom. The standard InChI is InChI=1S/C14H19FN2O/c15-12-4-1-3-11(9-12)10-16-8-2-5-14(18)17-13-6-7-13/h1,3-4,9,13,16H,2,5-8,10H2,(H,17,18). The molecule has 1 aliphatic carbocycles. The van der Waals surface area contributed by atoms with E-state index in [4.69, 9.17) is 0 Å². The van der Waals surface area contributed by atoms with Crippen molar-refractivity contribution in [3.05, 3.63) is 35.6 Å². The van der Waals surface area contributed by atoms with Gasteiger partial charge in [-0.2, -0.15) is 0 Å². The molecule has 0 unspecified atom stereocenters. The molecule has 98 valence electrons. The van der Waals surface area contributed by atoms with Crippen molar-refractivity contribution < 1.29 is 9.18 Å². The summed E-state index contributed by atoms with van der Waals surface area (Å²) < 4.78 is 12.9. The topological polar surface area (TPSA) is 41.1 Å². The minimum Gasteiger partial charge on any atom is -0.353 e. The molecule has 1 saturated carbocycles. The van der Waals surface area contributed by atoms with Crippen molar-refractivity contribution in [2.24, 2.45) is 0 Å². The molecule has 0 atom stereocenters. The summed E-state index contributed by atoms with van der Waals surface area (Å²) in [6.07, 6.45) is 3.63. The number of benzene rings is 1. The average molecular weight is 250 g/mol. The first-order chi connectivity index (χ1) is 8.74. The van der Waals surface area contributed by atoms with E-state index in [2.05, 4.69) is 10.6 Å². The van der Waals surface area contributed by atoms with Crippen molar-refractivity contribution in [3.8, 4) is 0 Å². The number of rotatable bonds is 7. The van der Waals surface area contributed by atoms with Gasteiger partial charge in [0.05, 0.1) is 0 Å². The minimum atomic E-state index is -0.210. The fourth-order valence-electron chi connectivity index (χ4n) is 1.78. The van der Waals surface area contributed by atoms with Gasteiger partial charge in [-0.15, -0.1) is 0 Å². The first kappa shape index (κ1) is 13.0. The van der Waals surface area contributed by atoms with Gasteiger partial charge < -0.3 is 10.6 Å². The first-order valence-electron chi connectivity index (χ1n) is 6.48. The van der Waals surface area contributed by atoms with E-state index in [0.717, 1.165) is 31.4 Å². The summed E-state index contributed by atoms with van der Waals surface area (Å²) in [5.41, 5.74) is 0.928. The van der Waals surface area contributed by atoms with Crippen LogP contribution in [-0.4, -0.2) is 18.5 Å². The van der Waals surface area contributed by atoms with E-state index in [9.17, 15) is 9.18 Å². The summed E-state index contributed by atoms with van der Waals surface area (Å²) in [5, 5.41) is 6.16. The molecule has 0 aromatic heterocycles. The molecule has 0 aliphatic heterocycles. The summed E-state index contributed by atoms with van der Waals surface area (Å²) in [7, 11) is 0. The van der Waals surface area contributed by atoms with Gasteiger partial charge in [0, 0.05) is 19.0 Å². The van der Waals surface area contributed by atoms with Crippen LogP contribution in [-0.2, 0) is 11.3 Å². The highest BCUT2D eigenvalue weighted by atomic mass is 19.1. The summed E-state index contributed by atoms with van der Waals surface area (Å²) in [6, 6.07) is 6.99. The second-order valence-electron chi connectivity index (χ2n) is 4.75. The second kappa shape index (κ2) is 6.50. The molecule has 0 spiro atoms. The van der Waals surface area contributed by atoms with Crippen molar-refractivity contribution in [1.82, 2.24) is 10.6 Å². The molecule has 4 heteroatoms. The highest BCUT2D eigenvalue weighted by Crippen LogP contribution is 2.18. The number of carbonyl (C=O) groups is 1. The SMILES string of the molecule is O=C(CCCNCc1cccc(F)c1)NC1CC1. The van der Waals surface area contributed by atoms with E-state index in [1.54, 1.807) is 6.07 Å². The Balaban J connectivity index is 1.54. The van der Waals surface area contributed by atoms with Gasteiger partial charge in [0.15, 0.2) is 0 Å². The normalized spacial score (nSPS) is 14.5. The second-order valence-corrected chi connectivity index (χ2v) is 4.75. The number of hydrogen-bond acceptors (Lipinski definition) is 2. The van der Waals surface area contributed by atoms with Crippen LogP contribution < -0.4 is 10.6 Å². The lowest BCUT2D eigenvalue weighted by atomic mass is 10.2. The molecule has 0 radical (unpaired) electrons. The molecular formula is C14H19FN2O. The Morgan fingerprint density at radius 2 is 2.22 bits per heavy atom. The van der Waals surface area contributed by atoms with Gasteiger partial charge in [-0.3, -0.25) is 4.79 Å². The molecule has 1 aromatic carbocycles. The molecule has 18 heavy (non-hydrogen) atoms. The summed E-state index contributed by atoms with van der Waals surface area (Å²) in [4.78, 5) is 11.4. The number of amides is 1. The Morgan fingerprint density at radius 3 is 2.94 bits per heavy atom. The maximum Gasteiger partial charge on any atom is 0.220 e. The Labute approximate surface area is 107 Å². The number of halogens is 1. The van der Waals surface area contributed by atoms with Crippen molar-refractivity contribution in [2.45, 2.75) is 38.3 Å². The minimum absolute atomic E-state index is 0.144. The Hall–Kier alpha value is -1.42. The van der Waals surface area contributed by atoms with Crippen LogP contribution in [0.25, 0.3) is 0 Å². The third-order valence-electron chi connectivity index (χ3n) is 2.92. The smallest absolute Gasteiger partial charge is 0.220 e. The molecule has 1 aromatic rings. The highest BCUT2D eigenvalue weighted by molar-refractivity contribution is 5.76. The molecule has 0 heterocycles. The largest absolute Gasteiger partial charge is 0.353 e. The Kier molecular flexibility index (Phi) is 4.70. The van der Waals surface area contributed by atoms with Crippen LogP contribution >= 0.6 is 0 Å². The zero-order valence-electron chi connectivity index (χ0n) is 10.4. The van der Waals surface area contributed by atoms with Crippen LogP contribution in [0.1, 0.15) is 31.2 Å². The predicted molar refractivity (Wildman–Crippen MR) is 68.5 cm³/mol. The van der Waals surface area contributed by atoms with E-state index >= 15 is 0 Å². The van der Waals surface area contributed by atoms with Gasteiger partial charge in [0.2, 0.25) is 5.91 Å². The fraction of sp³-hybridized carbons (Fsp3) is 0.500. The van der Waals surface area contributed by atoms with Crippen LogP contribution in [0.3, 0.4) is 0 Å². The zero-order valence-corrected chi connectivity index (χ0v) is 10.4. The zero-order chi connectivity index (χ0) is 12.8. The van der Waals surface area contributed by atoms with Crippen molar-refractivity contribution in [3.63, 3.8) is 0 Å². The van der Waals surface area contributed by atoms with E-state index in [1.165, 1.54) is 12.1 Å². The fourth-order valence-corrected chi connectivity index (χ4v) is 1.78. The lowest BCUT2D eigenvalue weighted by molar-refractivity contribution is -0.121. The molecule has 3 nitrogen and oxygen atoms in total. The molecular weight excluding hydrogens is 231 g/mol. The van der Waals surface area contributed by atoms with Crippen molar-refractivity contribution in [2.75, 3.05) is 6.54 Å². The van der Waals surface area contributed by atoms with Crippen LogP contribution in [0.15, 0.2) is 24.3 Å². The van der Waals surface area contributed by atoms with Gasteiger partial charge in [-0.25, -0.2) is 4.39 Å². The first-order valence-corrected chi connectivity index (χ1v) is 6.48. The number of carbonyl (C=O) groups excluding carboxylic acids is 1. The van der Waals surface area contributed by atoms with Gasteiger partial charge in [0.1, 0.15) is 5.82 Å². The van der Waals surface area contributed by atoms with E-state index in [1.807, 2.05) is 6.07 Å². The lowest BCUT2D eigenvalue weighted by Crippen LogP contribution is -2.26. The van der Waals surface area contributed by atoms with Gasteiger partial charge in [0.25, 0.3) is 0 Å². The lowest BCUT2D eigenvalue weighted by Gasteiger charge is -2.05. The summed E-state index contributed by atoms with van der Waals surface area (Å²) >= 11 is 0. The molecule has 0 saturated heterocycles. The van der Waals surface area contributed by atoms with Gasteiger partial charge in [-0.1, -0.05) is 12.1 Å². The Bertz CT molecular complexity index is 405. The van der Waals surface area contributed by atoms with Crippen LogP contribution in [0.2, 0.25) is 0 Å². The maximum absolute atomic E-state index is 12.9. The molecule has 2 N–H and O–H groups in total. The quantitative estimate of drug-likeness (QED) is 0.726. The third kappa shape index (κ3) is 4.84. The van der Waals surface area contributed by atoms with Crippen molar-refractivity contribution >= 4 is 5.91 Å². The molecule has 1 amide bonds. The number of nitrogens with one attached hydrogen (secondary N) is 2. The highest BCUT2D eigenvalue weighted by Gasteiger charge is 2.22. The van der Waals surface area contributed by atoms with Crippen molar-refractivity contribution in [1.29, 1.82) is 0 Å². The number of hydrogen-bond donors (Lipinski definition) is 2.